The van der Waals surface area contributed by atoms with Gasteiger partial charge in [-0.15, -0.1) is 0 Å². The van der Waals surface area contributed by atoms with Crippen LogP contribution < -0.4 is 20.1 Å². The number of rotatable bonds is 6. The molecule has 0 aliphatic heterocycles. The average molecular weight is 402 g/mol. The SMILES string of the molecule is COc1ccc(NC(=O)NCc2nc(-c3cccc(Cl)c3)oc2C)cc1OC. The van der Waals surface area contributed by atoms with E-state index in [4.69, 9.17) is 25.5 Å². The number of oxazole rings is 1. The summed E-state index contributed by atoms with van der Waals surface area (Å²) in [6, 6.07) is 12.0. The Morgan fingerprint density at radius 2 is 1.93 bits per heavy atom. The first-order valence-corrected chi connectivity index (χ1v) is 8.87. The van der Waals surface area contributed by atoms with Crippen LogP contribution in [0, 0.1) is 6.92 Å². The predicted molar refractivity (Wildman–Crippen MR) is 107 cm³/mol. The molecule has 0 aliphatic carbocycles. The zero-order valence-electron chi connectivity index (χ0n) is 15.7. The highest BCUT2D eigenvalue weighted by atomic mass is 35.5. The van der Waals surface area contributed by atoms with Crippen molar-refractivity contribution in [2.45, 2.75) is 13.5 Å². The quantitative estimate of drug-likeness (QED) is 0.628. The number of aromatic nitrogens is 1. The number of halogens is 1. The summed E-state index contributed by atoms with van der Waals surface area (Å²) >= 11 is 6.01. The number of ether oxygens (including phenoxy) is 2. The number of benzene rings is 2. The molecule has 8 heteroatoms. The molecule has 2 N–H and O–H groups in total. The Labute approximate surface area is 167 Å². The molecule has 0 atom stereocenters. The highest BCUT2D eigenvalue weighted by Crippen LogP contribution is 2.29. The van der Waals surface area contributed by atoms with Crippen molar-refractivity contribution >= 4 is 23.3 Å². The van der Waals surface area contributed by atoms with Crippen LogP contribution in [0.2, 0.25) is 5.02 Å². The number of aryl methyl sites for hydroxylation is 1. The molecule has 0 saturated heterocycles. The van der Waals surface area contributed by atoms with E-state index in [1.807, 2.05) is 12.1 Å². The number of amides is 2. The maximum absolute atomic E-state index is 12.2. The molecule has 0 saturated carbocycles. The molecule has 0 fully saturated rings. The number of carbonyl (C=O) groups is 1. The number of nitrogens with one attached hydrogen (secondary N) is 2. The van der Waals surface area contributed by atoms with Crippen molar-refractivity contribution in [3.05, 3.63) is 58.9 Å². The van der Waals surface area contributed by atoms with E-state index in [2.05, 4.69) is 15.6 Å². The summed E-state index contributed by atoms with van der Waals surface area (Å²) < 4.78 is 16.1. The molecule has 3 aromatic rings. The molecular weight excluding hydrogens is 382 g/mol. The van der Waals surface area contributed by atoms with Gasteiger partial charge in [-0.1, -0.05) is 17.7 Å². The van der Waals surface area contributed by atoms with Crippen LogP contribution in [-0.4, -0.2) is 25.2 Å². The number of nitrogens with zero attached hydrogens (tertiary/aromatic N) is 1. The molecule has 2 aromatic carbocycles. The maximum atomic E-state index is 12.2. The van der Waals surface area contributed by atoms with Gasteiger partial charge in [0, 0.05) is 22.3 Å². The van der Waals surface area contributed by atoms with Gasteiger partial charge in [-0.05, 0) is 37.3 Å². The summed E-state index contributed by atoms with van der Waals surface area (Å²) in [5, 5.41) is 6.10. The zero-order chi connectivity index (χ0) is 20.1. The van der Waals surface area contributed by atoms with Crippen LogP contribution >= 0.6 is 11.6 Å². The van der Waals surface area contributed by atoms with E-state index in [1.54, 1.807) is 44.4 Å². The van der Waals surface area contributed by atoms with Gasteiger partial charge in [0.25, 0.3) is 0 Å². The molecule has 146 valence electrons. The molecule has 1 aromatic heterocycles. The third-order valence-electron chi connectivity index (χ3n) is 4.02. The Kier molecular flexibility index (Phi) is 6.06. The maximum Gasteiger partial charge on any atom is 0.319 e. The summed E-state index contributed by atoms with van der Waals surface area (Å²) in [7, 11) is 3.09. The predicted octanol–water partition coefficient (Wildman–Crippen LogP) is 4.64. The Morgan fingerprint density at radius 3 is 2.64 bits per heavy atom. The molecule has 2 amide bonds. The molecule has 0 aliphatic rings. The lowest BCUT2D eigenvalue weighted by Crippen LogP contribution is -2.28. The number of anilines is 1. The Balaban J connectivity index is 1.63. The van der Waals surface area contributed by atoms with Crippen LogP contribution in [-0.2, 0) is 6.54 Å². The van der Waals surface area contributed by atoms with Crippen molar-refractivity contribution in [2.75, 3.05) is 19.5 Å². The van der Waals surface area contributed by atoms with Gasteiger partial charge in [-0.25, -0.2) is 9.78 Å². The average Bonchev–Trinajstić information content (AvgIpc) is 3.07. The molecule has 0 spiro atoms. The normalized spacial score (nSPS) is 10.4. The number of carbonyl (C=O) groups excluding carboxylic acids is 1. The summed E-state index contributed by atoms with van der Waals surface area (Å²) in [5.41, 5.74) is 1.99. The van der Waals surface area contributed by atoms with Gasteiger partial charge in [0.1, 0.15) is 11.5 Å². The van der Waals surface area contributed by atoms with Crippen molar-refractivity contribution < 1.29 is 18.7 Å². The van der Waals surface area contributed by atoms with Crippen LogP contribution in [0.4, 0.5) is 10.5 Å². The van der Waals surface area contributed by atoms with Gasteiger partial charge in [-0.3, -0.25) is 0 Å². The van der Waals surface area contributed by atoms with E-state index in [9.17, 15) is 4.79 Å². The van der Waals surface area contributed by atoms with Crippen LogP contribution in [0.15, 0.2) is 46.9 Å². The van der Waals surface area contributed by atoms with E-state index in [0.717, 1.165) is 5.56 Å². The lowest BCUT2D eigenvalue weighted by Gasteiger charge is -2.11. The lowest BCUT2D eigenvalue weighted by molar-refractivity contribution is 0.251. The molecule has 1 heterocycles. The first-order valence-electron chi connectivity index (χ1n) is 8.49. The Bertz CT molecular complexity index is 987. The number of hydrogen-bond acceptors (Lipinski definition) is 5. The van der Waals surface area contributed by atoms with Crippen LogP contribution in [0.5, 0.6) is 11.5 Å². The fraction of sp³-hybridized carbons (Fsp3) is 0.200. The van der Waals surface area contributed by atoms with Crippen LogP contribution in [0.1, 0.15) is 11.5 Å². The van der Waals surface area contributed by atoms with Crippen LogP contribution in [0.3, 0.4) is 0 Å². The third-order valence-corrected chi connectivity index (χ3v) is 4.26. The van der Waals surface area contributed by atoms with Crippen molar-refractivity contribution in [3.63, 3.8) is 0 Å². The highest BCUT2D eigenvalue weighted by Gasteiger charge is 2.13. The molecular formula is C20H20ClN3O4. The summed E-state index contributed by atoms with van der Waals surface area (Å²) in [5.74, 6) is 2.19. The number of urea groups is 1. The van der Waals surface area contributed by atoms with Gasteiger partial charge in [-0.2, -0.15) is 0 Å². The second-order valence-electron chi connectivity index (χ2n) is 5.91. The van der Waals surface area contributed by atoms with E-state index in [1.165, 1.54) is 7.11 Å². The van der Waals surface area contributed by atoms with Gasteiger partial charge in [0.15, 0.2) is 11.5 Å². The zero-order valence-corrected chi connectivity index (χ0v) is 16.5. The Hall–Kier alpha value is -3.19. The smallest absolute Gasteiger partial charge is 0.319 e. The summed E-state index contributed by atoms with van der Waals surface area (Å²) in [4.78, 5) is 16.6. The third kappa shape index (κ3) is 4.55. The van der Waals surface area contributed by atoms with Crippen molar-refractivity contribution in [1.82, 2.24) is 10.3 Å². The molecule has 0 radical (unpaired) electrons. The summed E-state index contributed by atoms with van der Waals surface area (Å²) in [6.45, 7) is 2.01. The minimum Gasteiger partial charge on any atom is -0.493 e. The van der Waals surface area contributed by atoms with Gasteiger partial charge in [0.05, 0.1) is 20.8 Å². The standard InChI is InChI=1S/C20H20ClN3O4/c1-12-16(24-19(28-12)13-5-4-6-14(21)9-13)11-22-20(25)23-15-7-8-17(26-2)18(10-15)27-3/h4-10H,11H2,1-3H3,(H2,22,23,25). The fourth-order valence-corrected chi connectivity index (χ4v) is 2.78. The second kappa shape index (κ2) is 8.67. The minimum atomic E-state index is -0.376. The van der Waals surface area contributed by atoms with Crippen molar-refractivity contribution in [2.24, 2.45) is 0 Å². The van der Waals surface area contributed by atoms with E-state index >= 15 is 0 Å². The summed E-state index contributed by atoms with van der Waals surface area (Å²) in [6.07, 6.45) is 0. The van der Waals surface area contributed by atoms with Crippen LogP contribution in [0.25, 0.3) is 11.5 Å². The minimum absolute atomic E-state index is 0.217. The van der Waals surface area contributed by atoms with Crippen molar-refractivity contribution in [3.8, 4) is 23.0 Å². The lowest BCUT2D eigenvalue weighted by atomic mass is 10.2. The first kappa shape index (κ1) is 19.6. The van der Waals surface area contributed by atoms with Gasteiger partial charge >= 0.3 is 6.03 Å². The van der Waals surface area contributed by atoms with E-state index in [0.29, 0.717) is 39.6 Å². The number of hydrogen-bond donors (Lipinski definition) is 2. The first-order chi connectivity index (χ1) is 13.5. The fourth-order valence-electron chi connectivity index (χ4n) is 2.59. The molecule has 3 rings (SSSR count). The molecule has 0 unspecified atom stereocenters. The molecule has 0 bridgehead atoms. The van der Waals surface area contributed by atoms with Gasteiger partial charge < -0.3 is 24.5 Å². The van der Waals surface area contributed by atoms with Gasteiger partial charge in [0.2, 0.25) is 5.89 Å². The van der Waals surface area contributed by atoms with E-state index < -0.39 is 0 Å². The molecule has 7 nitrogen and oxygen atoms in total. The topological polar surface area (TPSA) is 85.6 Å². The largest absolute Gasteiger partial charge is 0.493 e. The van der Waals surface area contributed by atoms with Crippen molar-refractivity contribution in [1.29, 1.82) is 0 Å². The number of methoxy groups -OCH3 is 2. The highest BCUT2D eigenvalue weighted by molar-refractivity contribution is 6.30. The Morgan fingerprint density at radius 1 is 1.14 bits per heavy atom. The van der Waals surface area contributed by atoms with E-state index in [-0.39, 0.29) is 12.6 Å². The molecule has 28 heavy (non-hydrogen) atoms. The monoisotopic (exact) mass is 401 g/mol. The second-order valence-corrected chi connectivity index (χ2v) is 6.35.